The normalized spacial score (nSPS) is 11.1. The lowest BCUT2D eigenvalue weighted by Gasteiger charge is -2.07. The molecule has 0 aliphatic carbocycles. The third kappa shape index (κ3) is 5.18. The molecular weight excluding hydrogens is 280 g/mol. The van der Waals surface area contributed by atoms with Gasteiger partial charge in [-0.15, -0.1) is 0 Å². The SMILES string of the molecule is CCCNC(=O)CCNS(=O)(=O)c1ccc(OC)cc1. The number of carbonyl (C=O) groups is 1. The first-order valence-corrected chi connectivity index (χ1v) is 7.88. The number of nitrogens with one attached hydrogen (secondary N) is 2. The Morgan fingerprint density at radius 1 is 1.20 bits per heavy atom. The molecule has 0 aliphatic rings. The molecule has 20 heavy (non-hydrogen) atoms. The van der Waals surface area contributed by atoms with Gasteiger partial charge in [-0.25, -0.2) is 13.1 Å². The molecule has 0 heterocycles. The lowest BCUT2D eigenvalue weighted by atomic mass is 10.3. The molecule has 0 radical (unpaired) electrons. The molecule has 2 N–H and O–H groups in total. The maximum atomic E-state index is 11.9. The fraction of sp³-hybridized carbons (Fsp3) is 0.462. The van der Waals surface area contributed by atoms with Crippen molar-refractivity contribution in [1.82, 2.24) is 10.0 Å². The fourth-order valence-electron chi connectivity index (χ4n) is 1.49. The standard InChI is InChI=1S/C13H20N2O4S/c1-3-9-14-13(16)8-10-15-20(17,18)12-6-4-11(19-2)5-7-12/h4-7,15H,3,8-10H2,1-2H3,(H,14,16). The molecule has 0 aromatic heterocycles. The van der Waals surface area contributed by atoms with Gasteiger partial charge in [-0.1, -0.05) is 6.92 Å². The van der Waals surface area contributed by atoms with Crippen LogP contribution in [-0.2, 0) is 14.8 Å². The Morgan fingerprint density at radius 3 is 2.40 bits per heavy atom. The molecular formula is C13H20N2O4S. The minimum atomic E-state index is -3.59. The number of sulfonamides is 1. The largest absolute Gasteiger partial charge is 0.497 e. The molecule has 1 amide bonds. The number of benzene rings is 1. The van der Waals surface area contributed by atoms with Gasteiger partial charge in [0.2, 0.25) is 15.9 Å². The summed E-state index contributed by atoms with van der Waals surface area (Å²) < 4.78 is 31.2. The lowest BCUT2D eigenvalue weighted by Crippen LogP contribution is -2.31. The van der Waals surface area contributed by atoms with Gasteiger partial charge in [-0.3, -0.25) is 4.79 Å². The van der Waals surface area contributed by atoms with E-state index < -0.39 is 10.0 Å². The highest BCUT2D eigenvalue weighted by Crippen LogP contribution is 2.15. The van der Waals surface area contributed by atoms with Gasteiger partial charge in [0.15, 0.2) is 0 Å². The molecule has 0 saturated heterocycles. The molecule has 1 aromatic carbocycles. The molecule has 0 unspecified atom stereocenters. The predicted octanol–water partition coefficient (Wildman–Crippen LogP) is 0.890. The molecule has 0 aliphatic heterocycles. The smallest absolute Gasteiger partial charge is 0.240 e. The van der Waals surface area contributed by atoms with E-state index in [-0.39, 0.29) is 23.8 Å². The number of rotatable bonds is 8. The second-order valence-electron chi connectivity index (χ2n) is 4.17. The summed E-state index contributed by atoms with van der Waals surface area (Å²) in [5, 5.41) is 2.68. The third-order valence-electron chi connectivity index (χ3n) is 2.59. The van der Waals surface area contributed by atoms with E-state index in [2.05, 4.69) is 10.0 Å². The van der Waals surface area contributed by atoms with Gasteiger partial charge in [-0.05, 0) is 30.7 Å². The Kier molecular flexibility index (Phi) is 6.47. The van der Waals surface area contributed by atoms with Crippen molar-refractivity contribution in [3.05, 3.63) is 24.3 Å². The van der Waals surface area contributed by atoms with Crippen LogP contribution in [0.25, 0.3) is 0 Å². The summed E-state index contributed by atoms with van der Waals surface area (Å²) in [5.74, 6) is 0.423. The zero-order valence-corrected chi connectivity index (χ0v) is 12.5. The summed E-state index contributed by atoms with van der Waals surface area (Å²) in [7, 11) is -2.08. The first-order valence-electron chi connectivity index (χ1n) is 6.40. The highest BCUT2D eigenvalue weighted by molar-refractivity contribution is 7.89. The van der Waals surface area contributed by atoms with Crippen LogP contribution in [0, 0.1) is 0 Å². The Morgan fingerprint density at radius 2 is 1.85 bits per heavy atom. The third-order valence-corrected chi connectivity index (χ3v) is 4.06. The fourth-order valence-corrected chi connectivity index (χ4v) is 2.52. The monoisotopic (exact) mass is 300 g/mol. The van der Waals surface area contributed by atoms with Crippen LogP contribution in [0.4, 0.5) is 0 Å². The van der Waals surface area contributed by atoms with Gasteiger partial charge in [0.05, 0.1) is 12.0 Å². The molecule has 6 nitrogen and oxygen atoms in total. The summed E-state index contributed by atoms with van der Waals surface area (Å²) in [6, 6.07) is 6.06. The number of amides is 1. The molecule has 0 fully saturated rings. The predicted molar refractivity (Wildman–Crippen MR) is 76.1 cm³/mol. The number of carbonyl (C=O) groups excluding carboxylic acids is 1. The van der Waals surface area contributed by atoms with Crippen LogP contribution in [0.1, 0.15) is 19.8 Å². The van der Waals surface area contributed by atoms with E-state index in [4.69, 9.17) is 4.74 Å². The van der Waals surface area contributed by atoms with Crippen molar-refractivity contribution in [2.45, 2.75) is 24.7 Å². The van der Waals surface area contributed by atoms with Crippen LogP contribution in [-0.4, -0.2) is 34.5 Å². The van der Waals surface area contributed by atoms with Crippen LogP contribution in [0.15, 0.2) is 29.2 Å². The zero-order chi connectivity index (χ0) is 15.0. The van der Waals surface area contributed by atoms with Crippen LogP contribution < -0.4 is 14.8 Å². The van der Waals surface area contributed by atoms with Crippen molar-refractivity contribution in [1.29, 1.82) is 0 Å². The Labute approximate surface area is 119 Å². The lowest BCUT2D eigenvalue weighted by molar-refractivity contribution is -0.120. The van der Waals surface area contributed by atoms with Crippen molar-refractivity contribution < 1.29 is 17.9 Å². The van der Waals surface area contributed by atoms with E-state index in [9.17, 15) is 13.2 Å². The van der Waals surface area contributed by atoms with Gasteiger partial charge >= 0.3 is 0 Å². The van der Waals surface area contributed by atoms with Gasteiger partial charge < -0.3 is 10.1 Å². The Hall–Kier alpha value is -1.60. The summed E-state index contributed by atoms with van der Waals surface area (Å²) in [5.41, 5.74) is 0. The highest BCUT2D eigenvalue weighted by atomic mass is 32.2. The van der Waals surface area contributed by atoms with Crippen molar-refractivity contribution in [2.24, 2.45) is 0 Å². The number of ether oxygens (including phenoxy) is 1. The van der Waals surface area contributed by atoms with Gasteiger partial charge in [0.25, 0.3) is 0 Å². The van der Waals surface area contributed by atoms with E-state index in [0.29, 0.717) is 12.3 Å². The van der Waals surface area contributed by atoms with E-state index in [1.165, 1.54) is 19.2 Å². The van der Waals surface area contributed by atoms with Crippen molar-refractivity contribution >= 4 is 15.9 Å². The Balaban J connectivity index is 2.50. The average molecular weight is 300 g/mol. The summed E-state index contributed by atoms with van der Waals surface area (Å²) in [6.45, 7) is 2.63. The van der Waals surface area contributed by atoms with Gasteiger partial charge in [-0.2, -0.15) is 0 Å². The first kappa shape index (κ1) is 16.5. The molecule has 1 aromatic rings. The van der Waals surface area contributed by atoms with Crippen LogP contribution in [0.5, 0.6) is 5.75 Å². The molecule has 0 saturated carbocycles. The van der Waals surface area contributed by atoms with E-state index in [0.717, 1.165) is 6.42 Å². The maximum Gasteiger partial charge on any atom is 0.240 e. The maximum absolute atomic E-state index is 11.9. The van der Waals surface area contributed by atoms with E-state index >= 15 is 0 Å². The number of methoxy groups -OCH3 is 1. The van der Waals surface area contributed by atoms with Gasteiger partial charge in [0, 0.05) is 19.5 Å². The van der Waals surface area contributed by atoms with Crippen LogP contribution >= 0.6 is 0 Å². The quantitative estimate of drug-likeness (QED) is 0.747. The number of hydrogen-bond donors (Lipinski definition) is 2. The molecule has 1 rings (SSSR count). The summed E-state index contributed by atoms with van der Waals surface area (Å²) in [4.78, 5) is 11.5. The van der Waals surface area contributed by atoms with Crippen LogP contribution in [0.2, 0.25) is 0 Å². The second kappa shape index (κ2) is 7.86. The summed E-state index contributed by atoms with van der Waals surface area (Å²) in [6.07, 6.45) is 0.971. The van der Waals surface area contributed by atoms with Gasteiger partial charge in [0.1, 0.15) is 5.75 Å². The highest BCUT2D eigenvalue weighted by Gasteiger charge is 2.13. The van der Waals surface area contributed by atoms with Crippen molar-refractivity contribution in [2.75, 3.05) is 20.2 Å². The topological polar surface area (TPSA) is 84.5 Å². The first-order chi connectivity index (χ1) is 9.49. The minimum absolute atomic E-state index is 0.0733. The van der Waals surface area contributed by atoms with Crippen molar-refractivity contribution in [3.8, 4) is 5.75 Å². The van der Waals surface area contributed by atoms with E-state index in [1.807, 2.05) is 6.92 Å². The minimum Gasteiger partial charge on any atom is -0.497 e. The molecule has 7 heteroatoms. The van der Waals surface area contributed by atoms with E-state index in [1.54, 1.807) is 12.1 Å². The Bertz CT molecular complexity index is 526. The second-order valence-corrected chi connectivity index (χ2v) is 5.94. The molecule has 0 bridgehead atoms. The van der Waals surface area contributed by atoms with Crippen molar-refractivity contribution in [3.63, 3.8) is 0 Å². The molecule has 0 atom stereocenters. The zero-order valence-electron chi connectivity index (χ0n) is 11.7. The van der Waals surface area contributed by atoms with Crippen LogP contribution in [0.3, 0.4) is 0 Å². The summed E-state index contributed by atoms with van der Waals surface area (Å²) >= 11 is 0. The molecule has 112 valence electrons. The number of hydrogen-bond acceptors (Lipinski definition) is 4. The average Bonchev–Trinajstić information content (AvgIpc) is 2.45. The molecule has 0 spiro atoms.